The molecule has 1 aromatic carbocycles. The van der Waals surface area contributed by atoms with Gasteiger partial charge in [-0.25, -0.2) is 24.2 Å². The highest BCUT2D eigenvalue weighted by Gasteiger charge is 2.19. The van der Waals surface area contributed by atoms with E-state index in [2.05, 4.69) is 16.4 Å². The maximum Gasteiger partial charge on any atom is 0.387 e. The average Bonchev–Trinajstić information content (AvgIpc) is 2.35. The Hall–Kier alpha value is -2.63. The van der Waals surface area contributed by atoms with Gasteiger partial charge in [0.1, 0.15) is 0 Å². The molecule has 1 N–H and O–H groups in total. The fourth-order valence-electron chi connectivity index (χ4n) is 1.04. The fraction of sp³-hybridized carbons (Fsp3) is 0.0833. The van der Waals surface area contributed by atoms with Crippen molar-refractivity contribution in [3.63, 3.8) is 0 Å². The van der Waals surface area contributed by atoms with E-state index in [1.807, 2.05) is 0 Å². The van der Waals surface area contributed by atoms with Gasteiger partial charge in [0.25, 0.3) is 0 Å². The molecular weight excluding hydrogens is 240 g/mol. The molecule has 94 valence electrons. The second-order valence-corrected chi connectivity index (χ2v) is 3.37. The van der Waals surface area contributed by atoms with Crippen molar-refractivity contribution in [2.75, 3.05) is 0 Å². The number of benzene rings is 1. The molecule has 0 aliphatic rings. The third kappa shape index (κ3) is 3.18. The number of carbonyl (C=O) groups is 3. The second kappa shape index (κ2) is 5.62. The summed E-state index contributed by atoms with van der Waals surface area (Å²) in [6.45, 7) is 4.67. The number of aromatic carboxylic acids is 1. The van der Waals surface area contributed by atoms with Gasteiger partial charge in [-0.3, -0.25) is 0 Å². The Morgan fingerprint density at radius 3 is 2.17 bits per heavy atom. The summed E-state index contributed by atoms with van der Waals surface area (Å²) in [5.74, 6) is -3.26. The lowest BCUT2D eigenvalue weighted by molar-refractivity contribution is -0.229. The van der Waals surface area contributed by atoms with Crippen LogP contribution in [-0.4, -0.2) is 23.0 Å². The van der Waals surface area contributed by atoms with E-state index in [1.165, 1.54) is 31.2 Å². The highest BCUT2D eigenvalue weighted by Crippen LogP contribution is 2.10. The van der Waals surface area contributed by atoms with Crippen LogP contribution >= 0.6 is 0 Å². The van der Waals surface area contributed by atoms with E-state index in [0.29, 0.717) is 0 Å². The maximum atomic E-state index is 11.5. The van der Waals surface area contributed by atoms with E-state index in [-0.39, 0.29) is 16.7 Å². The van der Waals surface area contributed by atoms with Crippen molar-refractivity contribution >= 4 is 17.9 Å². The molecule has 0 aromatic heterocycles. The molecular formula is C12H10O6. The van der Waals surface area contributed by atoms with Gasteiger partial charge >= 0.3 is 17.9 Å². The van der Waals surface area contributed by atoms with E-state index in [9.17, 15) is 14.4 Å². The van der Waals surface area contributed by atoms with Gasteiger partial charge in [-0.2, -0.15) is 0 Å². The van der Waals surface area contributed by atoms with Crippen molar-refractivity contribution in [3.8, 4) is 0 Å². The van der Waals surface area contributed by atoms with Crippen LogP contribution in [0.5, 0.6) is 0 Å². The molecule has 0 bridgehead atoms. The van der Waals surface area contributed by atoms with Crippen molar-refractivity contribution < 1.29 is 29.3 Å². The Morgan fingerprint density at radius 1 is 1.11 bits per heavy atom. The minimum atomic E-state index is -1.28. The summed E-state index contributed by atoms with van der Waals surface area (Å²) >= 11 is 0. The normalized spacial score (nSPS) is 9.39. The zero-order valence-corrected chi connectivity index (χ0v) is 9.50. The molecule has 0 spiro atoms. The van der Waals surface area contributed by atoms with Crippen LogP contribution in [0.1, 0.15) is 27.6 Å². The zero-order chi connectivity index (χ0) is 13.7. The molecule has 0 saturated heterocycles. The van der Waals surface area contributed by atoms with Crippen LogP contribution in [0.15, 0.2) is 36.4 Å². The van der Waals surface area contributed by atoms with Crippen LogP contribution in [0.2, 0.25) is 0 Å². The van der Waals surface area contributed by atoms with Gasteiger partial charge in [0.05, 0.1) is 11.1 Å². The Bertz CT molecular complexity index is 517. The summed E-state index contributed by atoms with van der Waals surface area (Å²) in [6, 6.07) is 5.41. The molecule has 18 heavy (non-hydrogen) atoms. The lowest BCUT2D eigenvalue weighted by Crippen LogP contribution is -2.15. The molecule has 1 rings (SSSR count). The van der Waals surface area contributed by atoms with E-state index >= 15 is 0 Å². The van der Waals surface area contributed by atoms with Crippen molar-refractivity contribution in [3.05, 3.63) is 47.5 Å². The lowest BCUT2D eigenvalue weighted by Gasteiger charge is -2.05. The third-order valence-corrected chi connectivity index (χ3v) is 1.92. The maximum absolute atomic E-state index is 11.5. The first-order valence-corrected chi connectivity index (χ1v) is 4.84. The minimum Gasteiger partial charge on any atom is -0.478 e. The highest BCUT2D eigenvalue weighted by molar-refractivity contribution is 6.02. The number of carboxylic acid groups (broad SMARTS) is 1. The fourth-order valence-corrected chi connectivity index (χ4v) is 1.04. The van der Waals surface area contributed by atoms with Gasteiger partial charge in [-0.1, -0.05) is 18.7 Å². The summed E-state index contributed by atoms with van der Waals surface area (Å²) in [7, 11) is 0. The summed E-state index contributed by atoms with van der Waals surface area (Å²) in [6.07, 6.45) is 0. The number of hydrogen-bond donors (Lipinski definition) is 1. The molecule has 0 aliphatic heterocycles. The highest BCUT2D eigenvalue weighted by atomic mass is 17.2. The van der Waals surface area contributed by atoms with Crippen LogP contribution < -0.4 is 0 Å². The molecule has 0 fully saturated rings. The second-order valence-electron chi connectivity index (χ2n) is 3.37. The largest absolute Gasteiger partial charge is 0.478 e. The van der Waals surface area contributed by atoms with Crippen LogP contribution in [0.25, 0.3) is 0 Å². The van der Waals surface area contributed by atoms with Gasteiger partial charge in [0.2, 0.25) is 0 Å². The topological polar surface area (TPSA) is 89.9 Å². The van der Waals surface area contributed by atoms with Crippen LogP contribution in [0, 0.1) is 0 Å². The van der Waals surface area contributed by atoms with Crippen molar-refractivity contribution in [1.29, 1.82) is 0 Å². The Labute approximate surface area is 102 Å². The monoisotopic (exact) mass is 250 g/mol. The first-order valence-electron chi connectivity index (χ1n) is 4.84. The summed E-state index contributed by atoms with van der Waals surface area (Å²) < 4.78 is 0. The summed E-state index contributed by atoms with van der Waals surface area (Å²) in [4.78, 5) is 41.7. The van der Waals surface area contributed by atoms with Crippen LogP contribution in [-0.2, 0) is 14.6 Å². The molecule has 0 unspecified atom stereocenters. The number of hydrogen-bond acceptors (Lipinski definition) is 5. The minimum absolute atomic E-state index is 0.0503. The number of rotatable bonds is 3. The Balaban J connectivity index is 2.82. The number of carboxylic acids is 1. The predicted molar refractivity (Wildman–Crippen MR) is 59.7 cm³/mol. The van der Waals surface area contributed by atoms with E-state index in [0.717, 1.165) is 0 Å². The predicted octanol–water partition coefficient (Wildman–Crippen LogP) is 1.58. The molecule has 0 atom stereocenters. The van der Waals surface area contributed by atoms with Crippen LogP contribution in [0.3, 0.4) is 0 Å². The standard InChI is InChI=1S/C12H10O6/c1-7(2)11(15)17-18-12(16)9-6-4-3-5-8(9)10(13)14/h3-6H,1H2,2H3,(H,13,14). The zero-order valence-electron chi connectivity index (χ0n) is 9.50. The van der Waals surface area contributed by atoms with Gasteiger partial charge in [0, 0.05) is 5.57 Å². The van der Waals surface area contributed by atoms with E-state index in [1.54, 1.807) is 0 Å². The smallest absolute Gasteiger partial charge is 0.387 e. The summed E-state index contributed by atoms with van der Waals surface area (Å²) in [5.41, 5.74) is -0.400. The average molecular weight is 250 g/mol. The Morgan fingerprint density at radius 2 is 1.67 bits per heavy atom. The quantitative estimate of drug-likeness (QED) is 0.497. The van der Waals surface area contributed by atoms with Crippen molar-refractivity contribution in [2.24, 2.45) is 0 Å². The molecule has 0 heterocycles. The van der Waals surface area contributed by atoms with Crippen molar-refractivity contribution in [2.45, 2.75) is 6.92 Å². The van der Waals surface area contributed by atoms with Gasteiger partial charge in [0.15, 0.2) is 0 Å². The first-order chi connectivity index (χ1) is 8.43. The molecule has 0 radical (unpaired) electrons. The molecule has 0 amide bonds. The van der Waals surface area contributed by atoms with Gasteiger partial charge in [-0.15, -0.1) is 0 Å². The Kier molecular flexibility index (Phi) is 4.20. The van der Waals surface area contributed by atoms with E-state index in [4.69, 9.17) is 5.11 Å². The van der Waals surface area contributed by atoms with Crippen LogP contribution in [0.4, 0.5) is 0 Å². The molecule has 0 saturated carbocycles. The SMILES string of the molecule is C=C(C)C(=O)OOC(=O)c1ccccc1C(=O)O. The number of carbonyl (C=O) groups excluding carboxylic acids is 2. The van der Waals surface area contributed by atoms with Gasteiger partial charge in [-0.05, 0) is 19.1 Å². The lowest BCUT2D eigenvalue weighted by atomic mass is 10.1. The molecule has 6 nitrogen and oxygen atoms in total. The van der Waals surface area contributed by atoms with Gasteiger partial charge < -0.3 is 5.11 Å². The first kappa shape index (κ1) is 13.4. The molecule has 1 aromatic rings. The molecule has 0 aliphatic carbocycles. The summed E-state index contributed by atoms with van der Waals surface area (Å²) in [5, 5.41) is 8.85. The third-order valence-electron chi connectivity index (χ3n) is 1.92. The van der Waals surface area contributed by atoms with Crippen molar-refractivity contribution in [1.82, 2.24) is 0 Å². The van der Waals surface area contributed by atoms with E-state index < -0.39 is 17.9 Å². The molecule has 6 heteroatoms.